The first-order valence-corrected chi connectivity index (χ1v) is 10.0. The van der Waals surface area contributed by atoms with Crippen LogP contribution in [0.25, 0.3) is 11.1 Å². The average molecular weight is 323 g/mol. The highest BCUT2D eigenvalue weighted by molar-refractivity contribution is 5.68. The zero-order valence-electron chi connectivity index (χ0n) is 15.6. The summed E-state index contributed by atoms with van der Waals surface area (Å²) in [7, 11) is 0. The summed E-state index contributed by atoms with van der Waals surface area (Å²) in [6.45, 7) is 4.46. The fraction of sp³-hybridized carbons (Fsp3) is 0.500. The number of hydrogen-bond donors (Lipinski definition) is 0. The van der Waals surface area contributed by atoms with Crippen molar-refractivity contribution in [1.82, 2.24) is 0 Å². The first kappa shape index (κ1) is 18.8. The molecule has 0 radical (unpaired) electrons. The summed E-state index contributed by atoms with van der Waals surface area (Å²) in [5, 5.41) is 0. The van der Waals surface area contributed by atoms with E-state index in [9.17, 15) is 0 Å². The van der Waals surface area contributed by atoms with Gasteiger partial charge in [-0.15, -0.1) is 0 Å². The van der Waals surface area contributed by atoms with E-state index in [0.717, 1.165) is 5.92 Å². The lowest BCUT2D eigenvalue weighted by atomic mass is 9.81. The van der Waals surface area contributed by atoms with Crippen molar-refractivity contribution < 1.29 is 0 Å². The molecule has 1 aliphatic carbocycles. The van der Waals surface area contributed by atoms with E-state index in [1.165, 1.54) is 68.9 Å². The Morgan fingerprint density at radius 2 is 1.29 bits per heavy atom. The molecule has 0 heterocycles. The van der Waals surface area contributed by atoms with Crippen molar-refractivity contribution in [3.63, 3.8) is 0 Å². The van der Waals surface area contributed by atoms with Gasteiger partial charge < -0.3 is 0 Å². The molecule has 0 unspecified atom stereocenters. The predicted molar refractivity (Wildman–Crippen MR) is 108 cm³/mol. The van der Waals surface area contributed by atoms with Gasteiger partial charge in [-0.3, -0.25) is 0 Å². The van der Waals surface area contributed by atoms with Crippen LogP contribution in [0, 0.1) is 0 Å². The Labute approximate surface area is 149 Å². The molecule has 0 N–H and O–H groups in total. The molecule has 2 aromatic rings. The summed E-state index contributed by atoms with van der Waals surface area (Å²) < 4.78 is 0. The van der Waals surface area contributed by atoms with Crippen LogP contribution in [-0.2, 0) is 0 Å². The van der Waals surface area contributed by atoms with Gasteiger partial charge in [-0.1, -0.05) is 113 Å². The maximum absolute atomic E-state index is 2.33. The van der Waals surface area contributed by atoms with Crippen LogP contribution in [-0.4, -0.2) is 0 Å². The Hall–Kier alpha value is -1.56. The van der Waals surface area contributed by atoms with Gasteiger partial charge in [0.05, 0.1) is 0 Å². The highest BCUT2D eigenvalue weighted by atomic mass is 14.2. The predicted octanol–water partition coefficient (Wildman–Crippen LogP) is 7.99. The second-order valence-corrected chi connectivity index (χ2v) is 7.00. The second-order valence-electron chi connectivity index (χ2n) is 7.00. The molecular weight excluding hydrogens is 288 g/mol. The third-order valence-corrected chi connectivity index (χ3v) is 5.05. The van der Waals surface area contributed by atoms with E-state index in [1.807, 2.05) is 0 Å². The Balaban J connectivity index is 0.000000301. The molecule has 0 amide bonds. The lowest BCUT2D eigenvalue weighted by molar-refractivity contribution is 0.444. The van der Waals surface area contributed by atoms with E-state index < -0.39 is 0 Å². The van der Waals surface area contributed by atoms with Crippen LogP contribution >= 0.6 is 0 Å². The van der Waals surface area contributed by atoms with E-state index in [-0.39, 0.29) is 0 Å². The van der Waals surface area contributed by atoms with Gasteiger partial charge in [0.15, 0.2) is 0 Å². The third-order valence-electron chi connectivity index (χ3n) is 5.05. The van der Waals surface area contributed by atoms with Crippen LogP contribution in [0.2, 0.25) is 0 Å². The molecule has 0 bridgehead atoms. The van der Waals surface area contributed by atoms with E-state index >= 15 is 0 Å². The zero-order valence-corrected chi connectivity index (χ0v) is 15.6. The van der Waals surface area contributed by atoms with E-state index in [2.05, 4.69) is 68.4 Å². The van der Waals surface area contributed by atoms with Crippen LogP contribution in [0.5, 0.6) is 0 Å². The Kier molecular flexibility index (Phi) is 8.66. The number of hydrogen-bond acceptors (Lipinski definition) is 0. The van der Waals surface area contributed by atoms with E-state index in [0.29, 0.717) is 0 Å². The van der Waals surface area contributed by atoms with Crippen molar-refractivity contribution in [2.24, 2.45) is 0 Å². The molecular formula is C24H34. The molecule has 0 heteroatoms. The van der Waals surface area contributed by atoms with Crippen molar-refractivity contribution in [3.05, 3.63) is 60.2 Å². The Bertz CT molecular complexity index is 545. The van der Waals surface area contributed by atoms with Crippen molar-refractivity contribution in [1.29, 1.82) is 0 Å². The van der Waals surface area contributed by atoms with Crippen molar-refractivity contribution in [2.45, 2.75) is 77.6 Å². The molecule has 0 atom stereocenters. The van der Waals surface area contributed by atoms with Gasteiger partial charge in [0.2, 0.25) is 0 Å². The summed E-state index contributed by atoms with van der Waals surface area (Å²) in [4.78, 5) is 0. The highest BCUT2D eigenvalue weighted by Crippen LogP contribution is 2.37. The highest BCUT2D eigenvalue weighted by Gasteiger charge is 2.18. The minimum absolute atomic E-state index is 0.773. The minimum atomic E-state index is 0.773. The number of unbranched alkanes of at least 4 members (excludes halogenated alkanes) is 3. The maximum Gasteiger partial charge on any atom is -0.0149 e. The van der Waals surface area contributed by atoms with Gasteiger partial charge in [0.25, 0.3) is 0 Å². The van der Waals surface area contributed by atoms with Gasteiger partial charge >= 0.3 is 0 Å². The summed E-state index contributed by atoms with van der Waals surface area (Å²) in [5.41, 5.74) is 4.35. The molecule has 3 rings (SSSR count). The van der Waals surface area contributed by atoms with Crippen LogP contribution < -0.4 is 0 Å². The van der Waals surface area contributed by atoms with Crippen LogP contribution in [0.4, 0.5) is 0 Å². The summed E-state index contributed by atoms with van der Waals surface area (Å²) >= 11 is 0. The molecule has 1 fully saturated rings. The van der Waals surface area contributed by atoms with Crippen LogP contribution in [0.1, 0.15) is 83.1 Å². The zero-order chi connectivity index (χ0) is 17.0. The third kappa shape index (κ3) is 5.82. The number of rotatable bonds is 5. The smallest absolute Gasteiger partial charge is 0.0149 e. The summed E-state index contributed by atoms with van der Waals surface area (Å²) in [6.07, 6.45) is 12.5. The average Bonchev–Trinajstić information content (AvgIpc) is 2.68. The fourth-order valence-corrected chi connectivity index (χ4v) is 3.65. The Morgan fingerprint density at radius 3 is 1.92 bits per heavy atom. The summed E-state index contributed by atoms with van der Waals surface area (Å²) in [5.74, 6) is 0.773. The minimum Gasteiger partial charge on any atom is -0.0654 e. The molecule has 1 aliphatic rings. The monoisotopic (exact) mass is 322 g/mol. The first-order chi connectivity index (χ1) is 11.9. The SMILES string of the molecule is CCCCCC.c1ccc(-c2ccccc2C2CCCCC2)cc1. The van der Waals surface area contributed by atoms with E-state index in [1.54, 1.807) is 5.56 Å². The molecule has 0 saturated heterocycles. The molecule has 1 saturated carbocycles. The van der Waals surface area contributed by atoms with Crippen molar-refractivity contribution in [2.75, 3.05) is 0 Å². The molecule has 130 valence electrons. The lowest BCUT2D eigenvalue weighted by Crippen LogP contribution is -2.05. The lowest BCUT2D eigenvalue weighted by Gasteiger charge is -2.24. The molecule has 0 nitrogen and oxygen atoms in total. The van der Waals surface area contributed by atoms with Crippen molar-refractivity contribution >= 4 is 0 Å². The molecule has 24 heavy (non-hydrogen) atoms. The second kappa shape index (κ2) is 11.1. The van der Waals surface area contributed by atoms with Crippen molar-refractivity contribution in [3.8, 4) is 11.1 Å². The normalized spacial score (nSPS) is 14.8. The quantitative estimate of drug-likeness (QED) is 0.489. The first-order valence-electron chi connectivity index (χ1n) is 10.0. The van der Waals surface area contributed by atoms with Crippen LogP contribution in [0.3, 0.4) is 0 Å². The largest absolute Gasteiger partial charge is 0.0654 e. The van der Waals surface area contributed by atoms with E-state index in [4.69, 9.17) is 0 Å². The fourth-order valence-electron chi connectivity index (χ4n) is 3.65. The maximum atomic E-state index is 2.33. The molecule has 0 aliphatic heterocycles. The summed E-state index contributed by atoms with van der Waals surface area (Å²) in [6, 6.07) is 19.8. The topological polar surface area (TPSA) is 0 Å². The van der Waals surface area contributed by atoms with Gasteiger partial charge in [0, 0.05) is 0 Å². The number of benzene rings is 2. The molecule has 2 aromatic carbocycles. The van der Waals surface area contributed by atoms with Gasteiger partial charge in [-0.2, -0.15) is 0 Å². The standard InChI is InChI=1S/C18H20.C6H14/c1-3-9-15(10-4-1)17-13-7-8-14-18(17)16-11-5-2-6-12-16;1-3-5-6-4-2/h1,3-4,7-10,13-14,16H,2,5-6,11-12H2;3-6H2,1-2H3. The molecule has 0 aromatic heterocycles. The van der Waals surface area contributed by atoms with Crippen LogP contribution in [0.15, 0.2) is 54.6 Å². The van der Waals surface area contributed by atoms with Gasteiger partial charge in [-0.25, -0.2) is 0 Å². The van der Waals surface area contributed by atoms with Gasteiger partial charge in [-0.05, 0) is 35.4 Å². The Morgan fingerprint density at radius 1 is 0.708 bits per heavy atom. The molecule has 0 spiro atoms. The van der Waals surface area contributed by atoms with Gasteiger partial charge in [0.1, 0.15) is 0 Å².